The summed E-state index contributed by atoms with van der Waals surface area (Å²) >= 11 is 0. The maximum atomic E-state index is 10.4. The van der Waals surface area contributed by atoms with Gasteiger partial charge in [-0.2, -0.15) is 0 Å². The smallest absolute Gasteiger partial charge is 0.129 e. The van der Waals surface area contributed by atoms with Gasteiger partial charge in [-0.3, -0.25) is 0 Å². The molecule has 0 rings (SSSR count). The average molecular weight is 144 g/mol. The second-order valence-corrected chi connectivity index (χ2v) is 3.51. The van der Waals surface area contributed by atoms with Crippen molar-refractivity contribution in [2.45, 2.75) is 38.7 Å². The molecule has 0 saturated heterocycles. The van der Waals surface area contributed by atoms with E-state index < -0.39 is 0 Å². The van der Waals surface area contributed by atoms with E-state index in [4.69, 9.17) is 0 Å². The molecule has 0 amide bonds. The predicted molar refractivity (Wildman–Crippen MR) is 43.9 cm³/mol. The Labute approximate surface area is 60.3 Å². The quantitative estimate of drug-likeness (QED) is 0.414. The highest BCUT2D eigenvalue weighted by atomic mass is 28.1. The first kappa shape index (κ1) is 8.89. The second kappa shape index (κ2) is 6.01. The molecule has 9 heavy (non-hydrogen) atoms. The van der Waals surface area contributed by atoms with Crippen LogP contribution < -0.4 is 0 Å². The summed E-state index contributed by atoms with van der Waals surface area (Å²) in [5.41, 5.74) is 0. The third kappa shape index (κ3) is 7.89. The van der Waals surface area contributed by atoms with Gasteiger partial charge < -0.3 is 4.79 Å². The van der Waals surface area contributed by atoms with Crippen molar-refractivity contribution in [3.63, 3.8) is 0 Å². The SMILES string of the molecule is CC(=O)CCCCC[SiH3]. The Kier molecular flexibility index (Phi) is 5.94. The topological polar surface area (TPSA) is 17.1 Å². The van der Waals surface area contributed by atoms with Crippen LogP contribution in [0.15, 0.2) is 0 Å². The number of carbonyl (C=O) groups is 1. The monoisotopic (exact) mass is 144 g/mol. The van der Waals surface area contributed by atoms with Gasteiger partial charge in [0.1, 0.15) is 5.78 Å². The molecule has 0 aromatic heterocycles. The fourth-order valence-electron chi connectivity index (χ4n) is 0.801. The molecule has 0 aliphatic rings. The van der Waals surface area contributed by atoms with Crippen LogP contribution in [0, 0.1) is 0 Å². The number of ketones is 1. The summed E-state index contributed by atoms with van der Waals surface area (Å²) < 4.78 is 0. The first-order valence-corrected chi connectivity index (χ1v) is 5.18. The van der Waals surface area contributed by atoms with Gasteiger partial charge in [-0.15, -0.1) is 0 Å². The van der Waals surface area contributed by atoms with Crippen molar-refractivity contribution in [2.75, 3.05) is 0 Å². The van der Waals surface area contributed by atoms with Gasteiger partial charge in [0.2, 0.25) is 0 Å². The lowest BCUT2D eigenvalue weighted by Crippen LogP contribution is -1.88. The molecule has 0 fully saturated rings. The van der Waals surface area contributed by atoms with Gasteiger partial charge in [0.05, 0.1) is 0 Å². The second-order valence-electron chi connectivity index (χ2n) is 2.51. The number of unbranched alkanes of at least 4 members (excludes halogenated alkanes) is 2. The third-order valence-corrected chi connectivity index (χ3v) is 2.09. The van der Waals surface area contributed by atoms with E-state index in [1.165, 1.54) is 29.1 Å². The lowest BCUT2D eigenvalue weighted by atomic mass is 10.2. The zero-order valence-electron chi connectivity index (χ0n) is 6.44. The molecule has 0 radical (unpaired) electrons. The van der Waals surface area contributed by atoms with Gasteiger partial charge >= 0.3 is 0 Å². The van der Waals surface area contributed by atoms with E-state index in [0.717, 1.165) is 12.8 Å². The molecular formula is C7H16OSi. The number of Topliss-reactive ketones (excluding diaryl/α,β-unsaturated/α-hetero) is 1. The van der Waals surface area contributed by atoms with Crippen LogP contribution in [0.5, 0.6) is 0 Å². The molecule has 0 saturated carbocycles. The van der Waals surface area contributed by atoms with E-state index in [-0.39, 0.29) is 0 Å². The molecule has 0 aromatic rings. The highest BCUT2D eigenvalue weighted by molar-refractivity contribution is 6.08. The lowest BCUT2D eigenvalue weighted by molar-refractivity contribution is -0.117. The van der Waals surface area contributed by atoms with Crippen molar-refractivity contribution in [1.82, 2.24) is 0 Å². The van der Waals surface area contributed by atoms with Gasteiger partial charge in [0, 0.05) is 16.7 Å². The molecule has 0 bridgehead atoms. The first-order chi connectivity index (χ1) is 4.27. The number of hydrogen-bond donors (Lipinski definition) is 0. The maximum Gasteiger partial charge on any atom is 0.129 e. The average Bonchev–Trinajstić information content (AvgIpc) is 1.80. The summed E-state index contributed by atoms with van der Waals surface area (Å²) in [6.07, 6.45) is 4.49. The molecular weight excluding hydrogens is 128 g/mol. The predicted octanol–water partition coefficient (Wildman–Crippen LogP) is 0.919. The zero-order chi connectivity index (χ0) is 7.11. The highest BCUT2D eigenvalue weighted by Gasteiger charge is 1.91. The molecule has 1 nitrogen and oxygen atoms in total. The first-order valence-electron chi connectivity index (χ1n) is 3.76. The standard InChI is InChI=1S/C7H16OSi/c1-7(8)5-3-2-4-6-9/h2-6H2,1,9H3. The van der Waals surface area contributed by atoms with Crippen molar-refractivity contribution in [1.29, 1.82) is 0 Å². The van der Waals surface area contributed by atoms with Gasteiger partial charge in [-0.1, -0.05) is 18.9 Å². The van der Waals surface area contributed by atoms with Crippen LogP contribution >= 0.6 is 0 Å². The Hall–Kier alpha value is -0.113. The van der Waals surface area contributed by atoms with Crippen molar-refractivity contribution in [2.24, 2.45) is 0 Å². The Bertz CT molecular complexity index is 81.0. The molecule has 0 aromatic carbocycles. The Morgan fingerprint density at radius 2 is 2.00 bits per heavy atom. The Balaban J connectivity index is 2.83. The van der Waals surface area contributed by atoms with E-state index >= 15 is 0 Å². The number of rotatable bonds is 5. The van der Waals surface area contributed by atoms with E-state index in [9.17, 15) is 4.79 Å². The number of carbonyl (C=O) groups excluding carboxylic acids is 1. The lowest BCUT2D eigenvalue weighted by Gasteiger charge is -1.93. The van der Waals surface area contributed by atoms with E-state index in [2.05, 4.69) is 0 Å². The van der Waals surface area contributed by atoms with E-state index in [1.54, 1.807) is 6.92 Å². The van der Waals surface area contributed by atoms with Crippen LogP contribution in [-0.4, -0.2) is 16.0 Å². The third-order valence-electron chi connectivity index (χ3n) is 1.38. The minimum atomic E-state index is 0.336. The summed E-state index contributed by atoms with van der Waals surface area (Å²) in [6, 6.07) is 1.39. The largest absolute Gasteiger partial charge is 0.300 e. The minimum absolute atomic E-state index is 0.336. The molecule has 0 atom stereocenters. The molecule has 0 aliphatic carbocycles. The Morgan fingerprint density at radius 3 is 2.44 bits per heavy atom. The molecule has 0 spiro atoms. The molecule has 0 unspecified atom stereocenters. The zero-order valence-corrected chi connectivity index (χ0v) is 8.44. The molecule has 0 N–H and O–H groups in total. The summed E-state index contributed by atoms with van der Waals surface area (Å²) in [4.78, 5) is 10.4. The van der Waals surface area contributed by atoms with Gasteiger partial charge in [0.15, 0.2) is 0 Å². The fourth-order valence-corrected chi connectivity index (χ4v) is 1.30. The maximum absolute atomic E-state index is 10.4. The molecule has 0 heterocycles. The molecule has 54 valence electrons. The van der Waals surface area contributed by atoms with Crippen LogP contribution in [0.25, 0.3) is 0 Å². The number of hydrogen-bond acceptors (Lipinski definition) is 1. The normalized spacial score (nSPS) is 9.89. The summed E-state index contributed by atoms with van der Waals surface area (Å²) in [5.74, 6) is 0.336. The summed E-state index contributed by atoms with van der Waals surface area (Å²) in [7, 11) is 1.32. The van der Waals surface area contributed by atoms with Crippen LogP contribution in [0.3, 0.4) is 0 Å². The van der Waals surface area contributed by atoms with Crippen molar-refractivity contribution in [3.05, 3.63) is 0 Å². The summed E-state index contributed by atoms with van der Waals surface area (Å²) in [5, 5.41) is 0. The van der Waals surface area contributed by atoms with Gasteiger partial charge in [-0.05, 0) is 13.3 Å². The van der Waals surface area contributed by atoms with Crippen molar-refractivity contribution in [3.8, 4) is 0 Å². The fraction of sp³-hybridized carbons (Fsp3) is 0.857. The van der Waals surface area contributed by atoms with E-state index in [0.29, 0.717) is 5.78 Å². The van der Waals surface area contributed by atoms with Crippen molar-refractivity contribution < 1.29 is 4.79 Å². The minimum Gasteiger partial charge on any atom is -0.300 e. The van der Waals surface area contributed by atoms with Crippen LogP contribution in [0.4, 0.5) is 0 Å². The van der Waals surface area contributed by atoms with Gasteiger partial charge in [0.25, 0.3) is 0 Å². The van der Waals surface area contributed by atoms with Gasteiger partial charge in [-0.25, -0.2) is 0 Å². The van der Waals surface area contributed by atoms with Crippen LogP contribution in [0.2, 0.25) is 6.04 Å². The Morgan fingerprint density at radius 1 is 1.33 bits per heavy atom. The highest BCUT2D eigenvalue weighted by Crippen LogP contribution is 2.01. The van der Waals surface area contributed by atoms with Crippen molar-refractivity contribution >= 4 is 16.0 Å². The van der Waals surface area contributed by atoms with E-state index in [1.807, 2.05) is 0 Å². The van der Waals surface area contributed by atoms with Crippen LogP contribution in [-0.2, 0) is 4.79 Å². The molecule has 2 heteroatoms. The van der Waals surface area contributed by atoms with Crippen LogP contribution in [0.1, 0.15) is 32.6 Å². The summed E-state index contributed by atoms with van der Waals surface area (Å²) in [6.45, 7) is 1.67. The molecule has 0 aliphatic heterocycles.